The zero-order valence-corrected chi connectivity index (χ0v) is 10.4. The highest BCUT2D eigenvalue weighted by atomic mass is 16.1. The first-order valence-electron chi connectivity index (χ1n) is 5.81. The third-order valence-electron chi connectivity index (χ3n) is 4.48. The molecule has 3 N–H and O–H groups in total. The Bertz CT molecular complexity index is 250. The molecular formula is C12H24N2O. The van der Waals surface area contributed by atoms with Gasteiger partial charge in [-0.2, -0.15) is 0 Å². The maximum absolute atomic E-state index is 11.2. The van der Waals surface area contributed by atoms with Gasteiger partial charge in [0, 0.05) is 13.0 Å². The van der Waals surface area contributed by atoms with E-state index in [0.717, 1.165) is 19.3 Å². The van der Waals surface area contributed by atoms with E-state index in [4.69, 9.17) is 5.73 Å². The summed E-state index contributed by atoms with van der Waals surface area (Å²) >= 11 is 0. The van der Waals surface area contributed by atoms with E-state index in [0.29, 0.717) is 6.54 Å². The van der Waals surface area contributed by atoms with E-state index in [2.05, 4.69) is 26.1 Å². The highest BCUT2D eigenvalue weighted by molar-refractivity contribution is 5.73. The van der Waals surface area contributed by atoms with E-state index in [-0.39, 0.29) is 22.8 Å². The van der Waals surface area contributed by atoms with Crippen LogP contribution in [0.1, 0.15) is 47.0 Å². The summed E-state index contributed by atoms with van der Waals surface area (Å²) in [5, 5.41) is 3.07. The van der Waals surface area contributed by atoms with Gasteiger partial charge < -0.3 is 11.1 Å². The molecule has 0 bridgehead atoms. The molecule has 0 aromatic heterocycles. The van der Waals surface area contributed by atoms with Crippen molar-refractivity contribution >= 4 is 5.91 Å². The lowest BCUT2D eigenvalue weighted by Crippen LogP contribution is -2.57. The Labute approximate surface area is 92.8 Å². The van der Waals surface area contributed by atoms with Crippen molar-refractivity contribution in [2.75, 3.05) is 6.54 Å². The Kier molecular flexibility index (Phi) is 3.44. The number of rotatable bonds is 2. The van der Waals surface area contributed by atoms with Gasteiger partial charge in [-0.1, -0.05) is 27.2 Å². The highest BCUT2D eigenvalue weighted by Gasteiger charge is 2.47. The Morgan fingerprint density at radius 1 is 1.47 bits per heavy atom. The van der Waals surface area contributed by atoms with Gasteiger partial charge in [0.15, 0.2) is 0 Å². The molecule has 3 nitrogen and oxygen atoms in total. The van der Waals surface area contributed by atoms with E-state index in [1.807, 2.05) is 0 Å². The van der Waals surface area contributed by atoms with E-state index in [9.17, 15) is 4.79 Å². The minimum absolute atomic E-state index is 0.0642. The average Bonchev–Trinajstić information content (AvgIpc) is 2.13. The second-order valence-electron chi connectivity index (χ2n) is 5.63. The predicted octanol–water partition coefficient (Wildman–Crippen LogP) is 1.67. The van der Waals surface area contributed by atoms with Crippen LogP contribution >= 0.6 is 0 Å². The van der Waals surface area contributed by atoms with Crippen molar-refractivity contribution in [3.05, 3.63) is 0 Å². The molecule has 1 fully saturated rings. The van der Waals surface area contributed by atoms with Gasteiger partial charge in [-0.15, -0.1) is 0 Å². The fraction of sp³-hybridized carbons (Fsp3) is 0.917. The van der Waals surface area contributed by atoms with Crippen LogP contribution in [0.25, 0.3) is 0 Å². The molecule has 1 saturated carbocycles. The van der Waals surface area contributed by atoms with Crippen molar-refractivity contribution in [2.45, 2.75) is 53.0 Å². The Hall–Kier alpha value is -0.570. The molecule has 2 atom stereocenters. The summed E-state index contributed by atoms with van der Waals surface area (Å²) in [6, 6.07) is 0.261. The first-order chi connectivity index (χ1) is 6.83. The molecule has 0 aliphatic heterocycles. The largest absolute Gasteiger partial charge is 0.353 e. The van der Waals surface area contributed by atoms with Crippen molar-refractivity contribution < 1.29 is 4.79 Å². The number of amides is 1. The molecule has 0 aromatic rings. The average molecular weight is 212 g/mol. The maximum atomic E-state index is 11.2. The van der Waals surface area contributed by atoms with Gasteiger partial charge >= 0.3 is 0 Å². The van der Waals surface area contributed by atoms with Crippen LogP contribution in [-0.4, -0.2) is 18.5 Å². The second kappa shape index (κ2) is 4.12. The topological polar surface area (TPSA) is 55.1 Å². The lowest BCUT2D eigenvalue weighted by atomic mass is 9.56. The van der Waals surface area contributed by atoms with Gasteiger partial charge in [-0.05, 0) is 30.2 Å². The number of nitrogens with two attached hydrogens (primary N) is 1. The molecular weight excluding hydrogens is 188 g/mol. The number of nitrogens with one attached hydrogen (secondary N) is 1. The molecule has 2 unspecified atom stereocenters. The Morgan fingerprint density at radius 3 is 2.53 bits per heavy atom. The van der Waals surface area contributed by atoms with E-state index in [1.165, 1.54) is 0 Å². The van der Waals surface area contributed by atoms with Crippen LogP contribution < -0.4 is 11.1 Å². The summed E-state index contributed by atoms with van der Waals surface area (Å²) in [5.74, 6) is 0.0642. The lowest BCUT2D eigenvalue weighted by molar-refractivity contribution is -0.122. The van der Waals surface area contributed by atoms with Gasteiger partial charge in [0.25, 0.3) is 0 Å². The van der Waals surface area contributed by atoms with Crippen molar-refractivity contribution in [1.29, 1.82) is 0 Å². The number of hydrogen-bond donors (Lipinski definition) is 2. The monoisotopic (exact) mass is 212 g/mol. The van der Waals surface area contributed by atoms with Crippen LogP contribution in [0.3, 0.4) is 0 Å². The number of hydrogen-bond acceptors (Lipinski definition) is 2. The minimum atomic E-state index is 0.0642. The normalized spacial score (nSPS) is 34.9. The quantitative estimate of drug-likeness (QED) is 0.731. The first-order valence-corrected chi connectivity index (χ1v) is 5.81. The highest BCUT2D eigenvalue weighted by Crippen LogP contribution is 2.49. The zero-order chi connectivity index (χ0) is 11.7. The summed E-state index contributed by atoms with van der Waals surface area (Å²) in [6.45, 7) is 8.96. The minimum Gasteiger partial charge on any atom is -0.353 e. The Balaban J connectivity index is 2.86. The molecule has 1 aliphatic carbocycles. The molecule has 0 radical (unpaired) electrons. The molecule has 0 saturated heterocycles. The van der Waals surface area contributed by atoms with E-state index >= 15 is 0 Å². The van der Waals surface area contributed by atoms with Crippen LogP contribution in [0, 0.1) is 10.8 Å². The van der Waals surface area contributed by atoms with Crippen LogP contribution in [0.15, 0.2) is 0 Å². The third kappa shape index (κ3) is 2.17. The van der Waals surface area contributed by atoms with Crippen LogP contribution in [0.4, 0.5) is 0 Å². The molecule has 1 rings (SSSR count). The smallest absolute Gasteiger partial charge is 0.217 e. The SMILES string of the molecule is CC(=O)NC1CCCC(C)(CN)C1(C)C. The Morgan fingerprint density at radius 2 is 2.07 bits per heavy atom. The molecule has 15 heavy (non-hydrogen) atoms. The van der Waals surface area contributed by atoms with Gasteiger partial charge in [0.2, 0.25) is 5.91 Å². The summed E-state index contributed by atoms with van der Waals surface area (Å²) in [4.78, 5) is 11.2. The first kappa shape index (κ1) is 12.5. The number of carbonyl (C=O) groups excluding carboxylic acids is 1. The molecule has 88 valence electrons. The summed E-state index contributed by atoms with van der Waals surface area (Å²) in [6.07, 6.45) is 3.39. The summed E-state index contributed by atoms with van der Waals surface area (Å²) < 4.78 is 0. The summed E-state index contributed by atoms with van der Waals surface area (Å²) in [7, 11) is 0. The second-order valence-corrected chi connectivity index (χ2v) is 5.63. The van der Waals surface area contributed by atoms with E-state index in [1.54, 1.807) is 6.92 Å². The van der Waals surface area contributed by atoms with Crippen molar-refractivity contribution in [3.63, 3.8) is 0 Å². The molecule has 0 spiro atoms. The standard InChI is InChI=1S/C12H24N2O/c1-9(15)14-10-6-5-7-12(4,8-13)11(10,2)3/h10H,5-8,13H2,1-4H3,(H,14,15). The predicted molar refractivity (Wildman–Crippen MR) is 62.4 cm³/mol. The van der Waals surface area contributed by atoms with Gasteiger partial charge in [-0.3, -0.25) is 4.79 Å². The molecule has 0 heterocycles. The zero-order valence-electron chi connectivity index (χ0n) is 10.4. The fourth-order valence-corrected chi connectivity index (χ4v) is 2.66. The number of carbonyl (C=O) groups is 1. The van der Waals surface area contributed by atoms with Gasteiger partial charge in [0.05, 0.1) is 0 Å². The molecule has 1 aliphatic rings. The van der Waals surface area contributed by atoms with E-state index < -0.39 is 0 Å². The molecule has 0 aromatic carbocycles. The van der Waals surface area contributed by atoms with Crippen LogP contribution in [-0.2, 0) is 4.79 Å². The van der Waals surface area contributed by atoms with Gasteiger partial charge in [-0.25, -0.2) is 0 Å². The van der Waals surface area contributed by atoms with Gasteiger partial charge in [0.1, 0.15) is 0 Å². The van der Waals surface area contributed by atoms with Crippen LogP contribution in [0.2, 0.25) is 0 Å². The molecule has 3 heteroatoms. The summed E-state index contributed by atoms with van der Waals surface area (Å²) in [5.41, 5.74) is 6.11. The van der Waals surface area contributed by atoms with Crippen molar-refractivity contribution in [2.24, 2.45) is 16.6 Å². The third-order valence-corrected chi connectivity index (χ3v) is 4.48. The maximum Gasteiger partial charge on any atom is 0.217 e. The van der Waals surface area contributed by atoms with Crippen LogP contribution in [0.5, 0.6) is 0 Å². The van der Waals surface area contributed by atoms with Crippen molar-refractivity contribution in [1.82, 2.24) is 5.32 Å². The molecule has 1 amide bonds. The van der Waals surface area contributed by atoms with Crippen molar-refractivity contribution in [3.8, 4) is 0 Å². The lowest BCUT2D eigenvalue weighted by Gasteiger charge is -2.52. The fourth-order valence-electron chi connectivity index (χ4n) is 2.66.